The van der Waals surface area contributed by atoms with E-state index in [1.54, 1.807) is 47.6 Å². The van der Waals surface area contributed by atoms with Crippen LogP contribution in [0.1, 0.15) is 46.1 Å². The Morgan fingerprint density at radius 1 is 1.03 bits per heavy atom. The van der Waals surface area contributed by atoms with Crippen molar-refractivity contribution in [3.05, 3.63) is 99.7 Å². The summed E-state index contributed by atoms with van der Waals surface area (Å²) in [6.45, 7) is 0.341. The Hall–Kier alpha value is -3.65. The number of thiophene rings is 1. The molecule has 2 aromatic heterocycles. The van der Waals surface area contributed by atoms with E-state index >= 15 is 0 Å². The van der Waals surface area contributed by atoms with Crippen molar-refractivity contribution in [2.45, 2.75) is 38.3 Å². The first kappa shape index (κ1) is 22.8. The number of carbonyl (C=O) groups excluding carboxylic acids is 1. The van der Waals surface area contributed by atoms with Gasteiger partial charge in [-0.05, 0) is 85.3 Å². The van der Waals surface area contributed by atoms with Crippen LogP contribution in [-0.2, 0) is 19.4 Å². The Kier molecular flexibility index (Phi) is 5.76. The quantitative estimate of drug-likeness (QED) is 0.331. The second kappa shape index (κ2) is 9.09. The Morgan fingerprint density at radius 2 is 1.78 bits per heavy atom. The maximum absolute atomic E-state index is 14.4. The van der Waals surface area contributed by atoms with Crippen LogP contribution in [0.15, 0.2) is 60.8 Å². The fraction of sp³-hybridized carbons (Fsp3) is 0.250. The number of methoxy groups -OCH3 is 1. The number of benzene rings is 2. The Bertz CT molecular complexity index is 1420. The van der Waals surface area contributed by atoms with Crippen molar-refractivity contribution in [1.82, 2.24) is 9.47 Å². The number of halogens is 2. The van der Waals surface area contributed by atoms with Crippen LogP contribution in [0.3, 0.4) is 0 Å². The number of aromatic nitrogens is 1. The summed E-state index contributed by atoms with van der Waals surface area (Å²) in [7, 11) is 1.59. The highest BCUT2D eigenvalue weighted by Gasteiger charge is 2.36. The van der Waals surface area contributed by atoms with Gasteiger partial charge in [0.05, 0.1) is 19.3 Å². The lowest BCUT2D eigenvalue weighted by Crippen LogP contribution is -2.38. The van der Waals surface area contributed by atoms with Crippen LogP contribution < -0.4 is 10.1 Å². The third-order valence-corrected chi connectivity index (χ3v) is 8.32. The molecule has 2 amide bonds. The van der Waals surface area contributed by atoms with Gasteiger partial charge in [-0.1, -0.05) is 0 Å². The van der Waals surface area contributed by atoms with Gasteiger partial charge in [-0.15, -0.1) is 11.3 Å². The molecule has 1 unspecified atom stereocenters. The van der Waals surface area contributed by atoms with Gasteiger partial charge in [0.1, 0.15) is 28.4 Å². The molecule has 5 nitrogen and oxygen atoms in total. The topological polar surface area (TPSA) is 46.5 Å². The molecule has 1 aliphatic carbocycles. The van der Waals surface area contributed by atoms with Crippen LogP contribution in [0.4, 0.5) is 19.3 Å². The van der Waals surface area contributed by atoms with Crippen LogP contribution in [0.2, 0.25) is 0 Å². The number of amides is 2. The average molecular weight is 506 g/mol. The Balaban J connectivity index is 1.49. The molecule has 0 fully saturated rings. The van der Waals surface area contributed by atoms with E-state index in [4.69, 9.17) is 4.74 Å². The molecule has 184 valence electrons. The molecule has 2 aliphatic rings. The number of fused-ring (bicyclic) bond motifs is 5. The molecule has 8 heteroatoms. The van der Waals surface area contributed by atoms with Crippen molar-refractivity contribution >= 4 is 23.1 Å². The summed E-state index contributed by atoms with van der Waals surface area (Å²) >= 11 is 1.77. The van der Waals surface area contributed by atoms with Crippen molar-refractivity contribution in [2.75, 3.05) is 12.4 Å². The van der Waals surface area contributed by atoms with Crippen LogP contribution >= 0.6 is 11.3 Å². The van der Waals surface area contributed by atoms with Gasteiger partial charge < -0.3 is 19.5 Å². The SMILES string of the molecule is COc1ccc(NC(=O)N2Cc3c(sc4c3CCCC4)-n3cccc3C2c2cc(F)cc(F)c2)cc1. The Morgan fingerprint density at radius 3 is 2.53 bits per heavy atom. The van der Waals surface area contributed by atoms with E-state index in [1.807, 2.05) is 18.3 Å². The van der Waals surface area contributed by atoms with Gasteiger partial charge in [0.25, 0.3) is 0 Å². The summed E-state index contributed by atoms with van der Waals surface area (Å²) in [4.78, 5) is 16.9. The first-order valence-corrected chi connectivity index (χ1v) is 12.8. The molecule has 36 heavy (non-hydrogen) atoms. The van der Waals surface area contributed by atoms with Crippen LogP contribution in [0.25, 0.3) is 5.00 Å². The van der Waals surface area contributed by atoms with Gasteiger partial charge in [-0.3, -0.25) is 0 Å². The number of urea groups is 1. The molecule has 0 saturated carbocycles. The van der Waals surface area contributed by atoms with E-state index in [2.05, 4.69) is 9.88 Å². The molecule has 0 spiro atoms. The number of anilines is 1. The molecule has 0 saturated heterocycles. The molecule has 1 N–H and O–H groups in total. The second-order valence-electron chi connectivity index (χ2n) is 9.19. The lowest BCUT2D eigenvalue weighted by atomic mass is 9.95. The Labute approximate surface area is 211 Å². The van der Waals surface area contributed by atoms with Gasteiger partial charge in [-0.2, -0.15) is 0 Å². The van der Waals surface area contributed by atoms with Crippen molar-refractivity contribution in [3.63, 3.8) is 0 Å². The monoisotopic (exact) mass is 505 g/mol. The number of nitrogens with zero attached hydrogens (tertiary/aromatic N) is 2. The smallest absolute Gasteiger partial charge is 0.322 e. The molecule has 6 rings (SSSR count). The molecule has 0 radical (unpaired) electrons. The molecular formula is C28H25F2N3O2S. The largest absolute Gasteiger partial charge is 0.497 e. The fourth-order valence-corrected chi connectivity index (χ4v) is 6.74. The predicted octanol–water partition coefficient (Wildman–Crippen LogP) is 6.84. The standard InChI is InChI=1S/C28H25F2N3O2S/c1-35-21-10-8-20(9-11-21)31-28(34)33-16-23-22-5-2-3-7-25(22)36-27(23)32-12-4-6-24(32)26(33)17-13-18(29)15-19(30)14-17/h4,6,8-15,26H,2-3,5,7,16H2,1H3,(H,31,34). The van der Waals surface area contributed by atoms with E-state index < -0.39 is 17.7 Å². The number of nitrogens with one attached hydrogen (secondary N) is 1. The summed E-state index contributed by atoms with van der Waals surface area (Å²) in [6.07, 6.45) is 6.28. The predicted molar refractivity (Wildman–Crippen MR) is 136 cm³/mol. The molecule has 2 aromatic carbocycles. The maximum Gasteiger partial charge on any atom is 0.322 e. The molecule has 1 atom stereocenters. The van der Waals surface area contributed by atoms with E-state index in [-0.39, 0.29) is 6.03 Å². The third kappa shape index (κ3) is 3.95. The minimum Gasteiger partial charge on any atom is -0.497 e. The van der Waals surface area contributed by atoms with Crippen molar-refractivity contribution < 1.29 is 18.3 Å². The zero-order chi connectivity index (χ0) is 24.8. The molecule has 4 aromatic rings. The first-order valence-electron chi connectivity index (χ1n) is 12.0. The van der Waals surface area contributed by atoms with Crippen molar-refractivity contribution in [1.29, 1.82) is 0 Å². The number of hydrogen-bond donors (Lipinski definition) is 1. The summed E-state index contributed by atoms with van der Waals surface area (Å²) in [5.74, 6) is -0.659. The lowest BCUT2D eigenvalue weighted by Gasteiger charge is -2.31. The highest BCUT2D eigenvalue weighted by atomic mass is 32.1. The minimum absolute atomic E-state index is 0.341. The number of ether oxygens (including phenoxy) is 1. The van der Waals surface area contributed by atoms with Gasteiger partial charge in [-0.25, -0.2) is 13.6 Å². The maximum atomic E-state index is 14.4. The van der Waals surface area contributed by atoms with E-state index in [0.717, 1.165) is 48.0 Å². The average Bonchev–Trinajstić information content (AvgIpc) is 3.45. The number of aryl methyl sites for hydroxylation is 1. The summed E-state index contributed by atoms with van der Waals surface area (Å²) in [6, 6.07) is 13.4. The fourth-order valence-electron chi connectivity index (χ4n) is 5.34. The van der Waals surface area contributed by atoms with Crippen LogP contribution in [0, 0.1) is 11.6 Å². The molecule has 0 bridgehead atoms. The number of carbonyl (C=O) groups is 1. The van der Waals surface area contributed by atoms with Gasteiger partial charge in [0.2, 0.25) is 0 Å². The van der Waals surface area contributed by atoms with E-state index in [9.17, 15) is 13.6 Å². The lowest BCUT2D eigenvalue weighted by molar-refractivity contribution is 0.194. The number of hydrogen-bond acceptors (Lipinski definition) is 3. The van der Waals surface area contributed by atoms with Gasteiger partial charge >= 0.3 is 6.03 Å². The molecule has 3 heterocycles. The summed E-state index contributed by atoms with van der Waals surface area (Å²) in [5, 5.41) is 4.07. The van der Waals surface area contributed by atoms with E-state index in [0.29, 0.717) is 23.5 Å². The minimum atomic E-state index is -0.678. The normalized spacial score (nSPS) is 16.5. The highest BCUT2D eigenvalue weighted by molar-refractivity contribution is 7.15. The van der Waals surface area contributed by atoms with Crippen molar-refractivity contribution in [2.24, 2.45) is 0 Å². The van der Waals surface area contributed by atoms with Crippen molar-refractivity contribution in [3.8, 4) is 10.8 Å². The second-order valence-corrected chi connectivity index (χ2v) is 10.3. The molecule has 1 aliphatic heterocycles. The van der Waals surface area contributed by atoms with Gasteiger partial charge in [0, 0.05) is 28.4 Å². The van der Waals surface area contributed by atoms with Gasteiger partial charge in [0.15, 0.2) is 0 Å². The van der Waals surface area contributed by atoms with Crippen LogP contribution in [-0.4, -0.2) is 22.6 Å². The zero-order valence-corrected chi connectivity index (χ0v) is 20.6. The highest BCUT2D eigenvalue weighted by Crippen LogP contribution is 2.44. The van der Waals surface area contributed by atoms with Crippen LogP contribution in [0.5, 0.6) is 5.75 Å². The first-order chi connectivity index (χ1) is 17.5. The van der Waals surface area contributed by atoms with E-state index in [1.165, 1.54) is 22.6 Å². The third-order valence-electron chi connectivity index (χ3n) is 6.98. The molecular weight excluding hydrogens is 480 g/mol. The zero-order valence-electron chi connectivity index (χ0n) is 19.8. The summed E-state index contributed by atoms with van der Waals surface area (Å²) < 4.78 is 36.1. The summed E-state index contributed by atoms with van der Waals surface area (Å²) in [5.41, 5.74) is 4.23. The number of rotatable bonds is 3.